The van der Waals surface area contributed by atoms with Crippen molar-refractivity contribution < 1.29 is 9.59 Å². The summed E-state index contributed by atoms with van der Waals surface area (Å²) in [4.78, 5) is 30.6. The van der Waals surface area contributed by atoms with E-state index in [0.717, 1.165) is 56.0 Å². The molecule has 0 atom stereocenters. The van der Waals surface area contributed by atoms with Gasteiger partial charge >= 0.3 is 0 Å². The number of piperazine rings is 1. The van der Waals surface area contributed by atoms with Gasteiger partial charge in [-0.05, 0) is 47.7 Å². The fourth-order valence-electron chi connectivity index (χ4n) is 4.22. The number of anilines is 2. The number of nitrogens with zero attached hydrogens (tertiary/aromatic N) is 3. The Morgan fingerprint density at radius 2 is 1.66 bits per heavy atom. The van der Waals surface area contributed by atoms with E-state index in [1.165, 1.54) is 11.1 Å². The van der Waals surface area contributed by atoms with E-state index in [1.54, 1.807) is 4.90 Å². The topological polar surface area (TPSA) is 43.9 Å². The lowest BCUT2D eigenvalue weighted by Gasteiger charge is -2.36. The zero-order chi connectivity index (χ0) is 20.4. The summed E-state index contributed by atoms with van der Waals surface area (Å²) in [6, 6.07) is 14.8. The summed E-state index contributed by atoms with van der Waals surface area (Å²) in [7, 11) is 1.83. The fourth-order valence-corrected chi connectivity index (χ4v) is 4.22. The summed E-state index contributed by atoms with van der Waals surface area (Å²) < 4.78 is 0. The van der Waals surface area contributed by atoms with Crippen LogP contribution in [0.1, 0.15) is 30.0 Å². The number of carbonyl (C=O) groups is 2. The van der Waals surface area contributed by atoms with Crippen LogP contribution in [-0.4, -0.2) is 49.9 Å². The Hall–Kier alpha value is -2.82. The molecule has 2 aliphatic heterocycles. The van der Waals surface area contributed by atoms with E-state index in [9.17, 15) is 9.59 Å². The third kappa shape index (κ3) is 4.14. The average Bonchev–Trinajstić information content (AvgIpc) is 3.05. The zero-order valence-corrected chi connectivity index (χ0v) is 17.4. The number of likely N-dealkylation sites (N-methyl/N-ethyl adjacent to an activating group) is 1. The molecular formula is C24H29N3O2. The Balaban J connectivity index is 1.29. The summed E-state index contributed by atoms with van der Waals surface area (Å²) in [5.41, 5.74) is 5.82. The van der Waals surface area contributed by atoms with Crippen LogP contribution in [0.3, 0.4) is 0 Å². The number of hydrogen-bond donors (Lipinski definition) is 0. The lowest BCUT2D eigenvalue weighted by Crippen LogP contribution is -2.48. The molecule has 29 heavy (non-hydrogen) atoms. The highest BCUT2D eigenvalue weighted by Gasteiger charge is 2.26. The maximum Gasteiger partial charge on any atom is 0.231 e. The Kier molecular flexibility index (Phi) is 5.56. The molecule has 0 unspecified atom stereocenters. The predicted molar refractivity (Wildman–Crippen MR) is 116 cm³/mol. The van der Waals surface area contributed by atoms with E-state index in [2.05, 4.69) is 48.2 Å². The van der Waals surface area contributed by atoms with Gasteiger partial charge in [-0.15, -0.1) is 0 Å². The third-order valence-corrected chi connectivity index (χ3v) is 6.20. The monoisotopic (exact) mass is 391 g/mol. The van der Waals surface area contributed by atoms with Crippen molar-refractivity contribution in [2.24, 2.45) is 0 Å². The highest BCUT2D eigenvalue weighted by Crippen LogP contribution is 2.31. The number of carbonyl (C=O) groups excluding carboxylic acids is 2. The normalized spacial score (nSPS) is 16.3. The number of amides is 2. The van der Waals surface area contributed by atoms with Crippen molar-refractivity contribution in [1.82, 2.24) is 4.90 Å². The minimum Gasteiger partial charge on any atom is -0.368 e. The van der Waals surface area contributed by atoms with Crippen molar-refractivity contribution >= 4 is 23.2 Å². The minimum atomic E-state index is 0.150. The highest BCUT2D eigenvalue weighted by molar-refractivity contribution is 6.01. The first kappa shape index (κ1) is 19.5. The van der Waals surface area contributed by atoms with E-state index < -0.39 is 0 Å². The maximum atomic E-state index is 12.6. The molecule has 2 amide bonds. The van der Waals surface area contributed by atoms with Crippen LogP contribution in [0.2, 0.25) is 0 Å². The van der Waals surface area contributed by atoms with Gasteiger partial charge in [0.2, 0.25) is 11.8 Å². The van der Waals surface area contributed by atoms with Crippen LogP contribution >= 0.6 is 0 Å². The molecule has 0 saturated carbocycles. The van der Waals surface area contributed by atoms with Gasteiger partial charge in [0.15, 0.2) is 0 Å². The first-order chi connectivity index (χ1) is 14.0. The average molecular weight is 392 g/mol. The van der Waals surface area contributed by atoms with Crippen LogP contribution in [0.15, 0.2) is 42.5 Å². The van der Waals surface area contributed by atoms with Crippen molar-refractivity contribution in [3.8, 4) is 0 Å². The summed E-state index contributed by atoms with van der Waals surface area (Å²) in [5.74, 6) is 0.391. The van der Waals surface area contributed by atoms with Crippen LogP contribution in [-0.2, 0) is 28.9 Å². The second kappa shape index (κ2) is 8.27. The van der Waals surface area contributed by atoms with Crippen molar-refractivity contribution in [3.63, 3.8) is 0 Å². The van der Waals surface area contributed by atoms with Gasteiger partial charge in [-0.1, -0.05) is 31.2 Å². The largest absolute Gasteiger partial charge is 0.368 e. The van der Waals surface area contributed by atoms with Gasteiger partial charge in [-0.3, -0.25) is 9.59 Å². The standard InChI is InChI=1S/C24H29N3O2/c1-3-18-4-6-19(7-5-18)8-11-23(28)27-14-12-26(13-15-27)21-9-10-22-20(16-21)17-24(29)25(22)2/h4-7,9-10,16H,3,8,11-15,17H2,1-2H3. The molecule has 5 heteroatoms. The number of fused-ring (bicyclic) bond motifs is 1. The summed E-state index contributed by atoms with van der Waals surface area (Å²) >= 11 is 0. The van der Waals surface area contributed by atoms with Crippen LogP contribution in [0.25, 0.3) is 0 Å². The van der Waals surface area contributed by atoms with Crippen LogP contribution in [0.4, 0.5) is 11.4 Å². The van der Waals surface area contributed by atoms with Gasteiger partial charge in [-0.2, -0.15) is 0 Å². The Labute approximate surface area is 172 Å². The molecule has 2 heterocycles. The molecule has 0 radical (unpaired) electrons. The third-order valence-electron chi connectivity index (χ3n) is 6.20. The SMILES string of the molecule is CCc1ccc(CCC(=O)N2CCN(c3ccc4c(c3)CC(=O)N4C)CC2)cc1. The highest BCUT2D eigenvalue weighted by atomic mass is 16.2. The molecule has 152 valence electrons. The second-order valence-corrected chi connectivity index (χ2v) is 7.98. The van der Waals surface area contributed by atoms with Crippen molar-refractivity contribution in [3.05, 3.63) is 59.2 Å². The van der Waals surface area contributed by atoms with Crippen molar-refractivity contribution in [1.29, 1.82) is 0 Å². The van der Waals surface area contributed by atoms with Gasteiger partial charge < -0.3 is 14.7 Å². The lowest BCUT2D eigenvalue weighted by molar-refractivity contribution is -0.131. The molecule has 4 rings (SSSR count). The van der Waals surface area contributed by atoms with E-state index in [0.29, 0.717) is 12.8 Å². The number of hydrogen-bond acceptors (Lipinski definition) is 3. The molecule has 0 N–H and O–H groups in total. The van der Waals surface area contributed by atoms with Gasteiger partial charge in [0.1, 0.15) is 0 Å². The molecule has 2 aromatic carbocycles. The Morgan fingerprint density at radius 1 is 0.966 bits per heavy atom. The van der Waals surface area contributed by atoms with Gasteiger partial charge in [0.05, 0.1) is 6.42 Å². The molecule has 2 aliphatic rings. The second-order valence-electron chi connectivity index (χ2n) is 7.98. The lowest BCUT2D eigenvalue weighted by atomic mass is 10.1. The number of aryl methyl sites for hydroxylation is 2. The first-order valence-electron chi connectivity index (χ1n) is 10.5. The van der Waals surface area contributed by atoms with Gasteiger partial charge in [-0.25, -0.2) is 0 Å². The zero-order valence-electron chi connectivity index (χ0n) is 17.4. The molecule has 1 fully saturated rings. The van der Waals surface area contributed by atoms with Gasteiger partial charge in [0, 0.05) is 51.0 Å². The molecule has 5 nitrogen and oxygen atoms in total. The van der Waals surface area contributed by atoms with Crippen LogP contribution in [0, 0.1) is 0 Å². The van der Waals surface area contributed by atoms with Crippen molar-refractivity contribution in [2.45, 2.75) is 32.6 Å². The quantitative estimate of drug-likeness (QED) is 0.787. The first-order valence-corrected chi connectivity index (χ1v) is 10.5. The van der Waals surface area contributed by atoms with Gasteiger partial charge in [0.25, 0.3) is 0 Å². The summed E-state index contributed by atoms with van der Waals surface area (Å²) in [6.07, 6.45) is 2.90. The van der Waals surface area contributed by atoms with E-state index >= 15 is 0 Å². The number of rotatable bonds is 5. The van der Waals surface area contributed by atoms with Crippen LogP contribution < -0.4 is 9.80 Å². The van der Waals surface area contributed by atoms with Crippen LogP contribution in [0.5, 0.6) is 0 Å². The van der Waals surface area contributed by atoms with Crippen molar-refractivity contribution in [2.75, 3.05) is 43.0 Å². The predicted octanol–water partition coefficient (Wildman–Crippen LogP) is 3.05. The van der Waals surface area contributed by atoms with E-state index in [1.807, 2.05) is 18.0 Å². The molecular weight excluding hydrogens is 362 g/mol. The molecule has 0 bridgehead atoms. The molecule has 1 saturated heterocycles. The molecule has 0 aromatic heterocycles. The fraction of sp³-hybridized carbons (Fsp3) is 0.417. The Bertz CT molecular complexity index is 899. The molecule has 2 aromatic rings. The smallest absolute Gasteiger partial charge is 0.231 e. The molecule has 0 aliphatic carbocycles. The summed E-state index contributed by atoms with van der Waals surface area (Å²) in [6.45, 7) is 5.32. The summed E-state index contributed by atoms with van der Waals surface area (Å²) in [5, 5.41) is 0. The Morgan fingerprint density at radius 3 is 2.34 bits per heavy atom. The maximum absolute atomic E-state index is 12.6. The molecule has 0 spiro atoms. The van der Waals surface area contributed by atoms with E-state index in [4.69, 9.17) is 0 Å². The minimum absolute atomic E-state index is 0.150. The number of benzene rings is 2. The van der Waals surface area contributed by atoms with E-state index in [-0.39, 0.29) is 11.8 Å².